The number of carbonyl (C=O) groups is 3. The van der Waals surface area contributed by atoms with Crippen LogP contribution in [-0.2, 0) is 20.9 Å². The molecule has 1 heterocycles. The Labute approximate surface area is 203 Å². The van der Waals surface area contributed by atoms with Crippen molar-refractivity contribution in [2.45, 2.75) is 52.6 Å². The molecule has 1 fully saturated rings. The largest absolute Gasteiger partial charge is 0.493 e. The van der Waals surface area contributed by atoms with Gasteiger partial charge >= 0.3 is 5.97 Å². The van der Waals surface area contributed by atoms with Crippen LogP contribution >= 0.6 is 11.3 Å². The molecule has 0 atom stereocenters. The summed E-state index contributed by atoms with van der Waals surface area (Å²) in [5.74, 6) is -0.194. The number of nitrogens with zero attached hydrogens (tertiary/aromatic N) is 2. The van der Waals surface area contributed by atoms with E-state index in [2.05, 4.69) is 10.3 Å². The number of benzene rings is 1. The summed E-state index contributed by atoms with van der Waals surface area (Å²) >= 11 is 1.31. The monoisotopic (exact) mass is 489 g/mol. The number of hydrogen-bond acceptors (Lipinski definition) is 8. The van der Waals surface area contributed by atoms with E-state index in [1.807, 2.05) is 6.92 Å². The second-order valence-corrected chi connectivity index (χ2v) is 8.87. The van der Waals surface area contributed by atoms with E-state index in [-0.39, 0.29) is 29.9 Å². The van der Waals surface area contributed by atoms with Crippen LogP contribution in [0.2, 0.25) is 0 Å². The lowest BCUT2D eigenvalue weighted by Gasteiger charge is -2.22. The first-order valence-electron chi connectivity index (χ1n) is 11.3. The van der Waals surface area contributed by atoms with Gasteiger partial charge in [-0.15, -0.1) is 11.3 Å². The van der Waals surface area contributed by atoms with Crippen molar-refractivity contribution in [2.75, 3.05) is 31.0 Å². The normalized spacial score (nSPS) is 13.8. The quantitative estimate of drug-likeness (QED) is 0.520. The van der Waals surface area contributed by atoms with Gasteiger partial charge in [-0.3, -0.25) is 14.5 Å². The molecule has 0 spiro atoms. The van der Waals surface area contributed by atoms with Crippen LogP contribution in [0.15, 0.2) is 17.5 Å². The van der Waals surface area contributed by atoms with Gasteiger partial charge in [0.1, 0.15) is 6.61 Å². The molecule has 2 amide bonds. The molecule has 0 saturated heterocycles. The molecule has 34 heavy (non-hydrogen) atoms. The fraction of sp³-hybridized carbons (Fsp3) is 0.500. The highest BCUT2D eigenvalue weighted by atomic mass is 32.1. The summed E-state index contributed by atoms with van der Waals surface area (Å²) in [4.78, 5) is 43.5. The van der Waals surface area contributed by atoms with Gasteiger partial charge in [-0.25, -0.2) is 9.78 Å². The van der Waals surface area contributed by atoms with E-state index in [9.17, 15) is 14.4 Å². The number of rotatable bonds is 9. The topological polar surface area (TPSA) is 107 Å². The molecule has 0 aliphatic heterocycles. The van der Waals surface area contributed by atoms with E-state index >= 15 is 0 Å². The van der Waals surface area contributed by atoms with E-state index < -0.39 is 5.97 Å². The number of methoxy groups -OCH3 is 2. The maximum absolute atomic E-state index is 13.0. The van der Waals surface area contributed by atoms with Crippen LogP contribution in [-0.4, -0.2) is 43.5 Å². The molecular formula is C24H31N3O6S. The summed E-state index contributed by atoms with van der Waals surface area (Å²) < 4.78 is 16.2. The van der Waals surface area contributed by atoms with Gasteiger partial charge in [0.25, 0.3) is 0 Å². The number of hydrogen-bond donors (Lipinski definition) is 1. The third-order valence-electron chi connectivity index (χ3n) is 5.80. The minimum Gasteiger partial charge on any atom is -0.493 e. The molecular weight excluding hydrogens is 458 g/mol. The standard InChI is InChI=1S/C24H31N3O6S/c1-5-27(15(2)28)24-25-17(14-34-24)13-33-23(30)18-11-20(31-3)21(32-4)12-19(18)26-22(29)16-9-7-6-8-10-16/h11-12,14,16H,5-10,13H2,1-4H3,(H,26,29). The van der Waals surface area contributed by atoms with E-state index in [1.54, 1.807) is 16.3 Å². The van der Waals surface area contributed by atoms with Crippen LogP contribution in [0.4, 0.5) is 10.8 Å². The van der Waals surface area contributed by atoms with Gasteiger partial charge in [0, 0.05) is 36.9 Å². The van der Waals surface area contributed by atoms with Crippen molar-refractivity contribution in [3.8, 4) is 11.5 Å². The van der Waals surface area contributed by atoms with Crippen LogP contribution in [0, 0.1) is 5.92 Å². The smallest absolute Gasteiger partial charge is 0.340 e. The van der Waals surface area contributed by atoms with Gasteiger partial charge < -0.3 is 19.5 Å². The summed E-state index contributed by atoms with van der Waals surface area (Å²) in [5.41, 5.74) is 1.00. The molecule has 9 nitrogen and oxygen atoms in total. The number of aromatic nitrogens is 1. The average molecular weight is 490 g/mol. The molecule has 3 rings (SSSR count). The van der Waals surface area contributed by atoms with Crippen LogP contribution in [0.25, 0.3) is 0 Å². The molecule has 1 saturated carbocycles. The third-order valence-corrected chi connectivity index (χ3v) is 6.71. The van der Waals surface area contributed by atoms with Crippen molar-refractivity contribution in [3.05, 3.63) is 28.8 Å². The second-order valence-electron chi connectivity index (χ2n) is 8.04. The molecule has 0 radical (unpaired) electrons. The van der Waals surface area contributed by atoms with Gasteiger partial charge in [-0.05, 0) is 19.8 Å². The van der Waals surface area contributed by atoms with Crippen molar-refractivity contribution in [2.24, 2.45) is 5.92 Å². The van der Waals surface area contributed by atoms with Crippen LogP contribution in [0.5, 0.6) is 11.5 Å². The Morgan fingerprint density at radius 2 is 1.79 bits per heavy atom. The highest BCUT2D eigenvalue weighted by Gasteiger charge is 2.25. The summed E-state index contributed by atoms with van der Waals surface area (Å²) in [5, 5.41) is 5.18. The van der Waals surface area contributed by atoms with Crippen LogP contribution < -0.4 is 19.7 Å². The molecule has 1 N–H and O–H groups in total. The highest BCUT2D eigenvalue weighted by molar-refractivity contribution is 7.14. The zero-order chi connectivity index (χ0) is 24.7. The lowest BCUT2D eigenvalue weighted by atomic mass is 9.88. The Morgan fingerprint density at radius 1 is 1.12 bits per heavy atom. The lowest BCUT2D eigenvalue weighted by molar-refractivity contribution is -0.120. The van der Waals surface area contributed by atoms with Gasteiger partial charge in [-0.1, -0.05) is 19.3 Å². The molecule has 1 aliphatic carbocycles. The molecule has 1 aromatic carbocycles. The van der Waals surface area contributed by atoms with Gasteiger partial charge in [0.2, 0.25) is 11.8 Å². The maximum atomic E-state index is 13.0. The minimum absolute atomic E-state index is 0.0743. The number of amides is 2. The second kappa shape index (κ2) is 11.8. The number of nitrogens with one attached hydrogen (secondary N) is 1. The van der Waals surface area contributed by atoms with Crippen LogP contribution in [0.3, 0.4) is 0 Å². The summed E-state index contributed by atoms with van der Waals surface area (Å²) in [7, 11) is 2.96. The number of esters is 1. The Bertz CT molecular complexity index is 1030. The highest BCUT2D eigenvalue weighted by Crippen LogP contribution is 2.35. The molecule has 0 unspecified atom stereocenters. The molecule has 184 valence electrons. The van der Waals surface area contributed by atoms with Crippen molar-refractivity contribution in [1.29, 1.82) is 0 Å². The summed E-state index contributed by atoms with van der Waals surface area (Å²) in [6.45, 7) is 3.76. The first-order valence-corrected chi connectivity index (χ1v) is 12.2. The predicted octanol–water partition coefficient (Wildman–Crippen LogP) is 4.41. The van der Waals surface area contributed by atoms with Gasteiger partial charge in [0.05, 0.1) is 31.2 Å². The Kier molecular flexibility index (Phi) is 8.86. The first kappa shape index (κ1) is 25.5. The number of thiazole rings is 1. The van der Waals surface area contributed by atoms with E-state index in [4.69, 9.17) is 14.2 Å². The van der Waals surface area contributed by atoms with E-state index in [0.29, 0.717) is 34.6 Å². The zero-order valence-electron chi connectivity index (χ0n) is 20.0. The lowest BCUT2D eigenvalue weighted by Crippen LogP contribution is -2.27. The van der Waals surface area contributed by atoms with Crippen LogP contribution in [0.1, 0.15) is 62.0 Å². The van der Waals surface area contributed by atoms with Crippen molar-refractivity contribution >= 4 is 39.9 Å². The molecule has 10 heteroatoms. The third kappa shape index (κ3) is 6.05. The zero-order valence-corrected chi connectivity index (χ0v) is 20.8. The number of ether oxygens (including phenoxy) is 3. The first-order chi connectivity index (χ1) is 16.4. The van der Waals surface area contributed by atoms with Crippen molar-refractivity contribution < 1.29 is 28.6 Å². The fourth-order valence-electron chi connectivity index (χ4n) is 3.95. The van der Waals surface area contributed by atoms with Gasteiger partial charge in [0.15, 0.2) is 16.6 Å². The van der Waals surface area contributed by atoms with Gasteiger partial charge in [-0.2, -0.15) is 0 Å². The predicted molar refractivity (Wildman–Crippen MR) is 130 cm³/mol. The molecule has 1 aliphatic rings. The van der Waals surface area contributed by atoms with Crippen molar-refractivity contribution in [3.63, 3.8) is 0 Å². The Morgan fingerprint density at radius 3 is 2.41 bits per heavy atom. The SMILES string of the molecule is CCN(C(C)=O)c1nc(COC(=O)c2cc(OC)c(OC)cc2NC(=O)C2CCCCC2)cs1. The maximum Gasteiger partial charge on any atom is 0.340 e. The number of anilines is 2. The Hall–Kier alpha value is -3.14. The van der Waals surface area contributed by atoms with E-state index in [1.165, 1.54) is 38.5 Å². The Balaban J connectivity index is 1.78. The average Bonchev–Trinajstić information content (AvgIpc) is 3.31. The van der Waals surface area contributed by atoms with Crippen molar-refractivity contribution in [1.82, 2.24) is 4.98 Å². The summed E-state index contributed by atoms with van der Waals surface area (Å²) in [6, 6.07) is 3.07. The molecule has 2 aromatic rings. The summed E-state index contributed by atoms with van der Waals surface area (Å²) in [6.07, 6.45) is 4.85. The molecule has 1 aromatic heterocycles. The minimum atomic E-state index is -0.631. The van der Waals surface area contributed by atoms with E-state index in [0.717, 1.165) is 32.1 Å². The number of carbonyl (C=O) groups excluding carboxylic acids is 3. The molecule has 0 bridgehead atoms. The fourth-order valence-corrected chi connectivity index (χ4v) is 4.86.